The Hall–Kier alpha value is -2.95. The van der Waals surface area contributed by atoms with E-state index in [9.17, 15) is 18.0 Å². The van der Waals surface area contributed by atoms with Crippen LogP contribution in [0.2, 0.25) is 0 Å². The van der Waals surface area contributed by atoms with Gasteiger partial charge in [0.05, 0.1) is 24.7 Å². The Morgan fingerprint density at radius 2 is 1.76 bits per heavy atom. The van der Waals surface area contributed by atoms with Crippen LogP contribution in [0.25, 0.3) is 0 Å². The third-order valence-corrected chi connectivity index (χ3v) is 7.28. The summed E-state index contributed by atoms with van der Waals surface area (Å²) in [7, 11) is -3.71. The van der Waals surface area contributed by atoms with E-state index < -0.39 is 28.5 Å². The molecule has 9 nitrogen and oxygen atoms in total. The van der Waals surface area contributed by atoms with Gasteiger partial charge in [-0.3, -0.25) is 9.59 Å². The molecule has 1 aliphatic heterocycles. The first-order valence-electron chi connectivity index (χ1n) is 11.1. The molecule has 10 heteroatoms. The van der Waals surface area contributed by atoms with Gasteiger partial charge < -0.3 is 19.5 Å². The lowest BCUT2D eigenvalue weighted by Gasteiger charge is -2.26. The molecule has 3 rings (SSSR count). The van der Waals surface area contributed by atoms with E-state index in [4.69, 9.17) is 14.2 Å². The van der Waals surface area contributed by atoms with Gasteiger partial charge in [-0.1, -0.05) is 23.8 Å². The van der Waals surface area contributed by atoms with Gasteiger partial charge in [-0.15, -0.1) is 0 Å². The minimum atomic E-state index is -3.71. The van der Waals surface area contributed by atoms with E-state index in [1.54, 1.807) is 19.1 Å². The van der Waals surface area contributed by atoms with Crippen LogP contribution >= 0.6 is 0 Å². The first-order chi connectivity index (χ1) is 16.3. The molecule has 0 aliphatic carbocycles. The van der Waals surface area contributed by atoms with Crippen LogP contribution < -0.4 is 10.1 Å². The second kappa shape index (κ2) is 12.0. The molecule has 184 valence electrons. The maximum Gasteiger partial charge on any atom is 0.306 e. The predicted molar refractivity (Wildman–Crippen MR) is 126 cm³/mol. The number of sulfonamides is 1. The van der Waals surface area contributed by atoms with Gasteiger partial charge in [-0.05, 0) is 50.1 Å². The highest BCUT2D eigenvalue weighted by molar-refractivity contribution is 7.89. The maximum atomic E-state index is 13.0. The molecule has 0 unspecified atom stereocenters. The van der Waals surface area contributed by atoms with Gasteiger partial charge >= 0.3 is 5.97 Å². The van der Waals surface area contributed by atoms with Crippen molar-refractivity contribution in [2.24, 2.45) is 0 Å². The molecule has 1 saturated heterocycles. The Bertz CT molecular complexity index is 1090. The molecular weight excluding hydrogens is 460 g/mol. The number of aryl methyl sites for hydroxylation is 2. The van der Waals surface area contributed by atoms with Crippen LogP contribution in [0.5, 0.6) is 5.75 Å². The molecule has 1 aliphatic rings. The van der Waals surface area contributed by atoms with Crippen LogP contribution in [0.4, 0.5) is 5.69 Å². The Labute approximate surface area is 200 Å². The summed E-state index contributed by atoms with van der Waals surface area (Å²) in [6.45, 7) is 4.83. The standard InChI is InChI=1S/C24H30N2O7S/c1-18-5-9-21(10-6-18)32-13-3-4-24(28)33-17-23(27)25-20-8-7-19(2)22(16-20)34(29,30)26-11-14-31-15-12-26/h5-10,16H,3-4,11-15,17H2,1-2H3,(H,25,27). The van der Waals surface area contributed by atoms with Crippen LogP contribution in [0.3, 0.4) is 0 Å². The van der Waals surface area contributed by atoms with Gasteiger partial charge in [0.1, 0.15) is 5.75 Å². The third kappa shape index (κ3) is 7.28. The van der Waals surface area contributed by atoms with Crippen LogP contribution in [-0.2, 0) is 29.1 Å². The SMILES string of the molecule is Cc1ccc(OCCCC(=O)OCC(=O)Nc2ccc(C)c(S(=O)(=O)N3CCOCC3)c2)cc1. The number of morpholine rings is 1. The van der Waals surface area contributed by atoms with E-state index in [0.717, 1.165) is 11.3 Å². The topological polar surface area (TPSA) is 111 Å². The summed E-state index contributed by atoms with van der Waals surface area (Å²) in [6, 6.07) is 12.3. The van der Waals surface area contributed by atoms with Crippen LogP contribution in [0, 0.1) is 13.8 Å². The number of carbonyl (C=O) groups is 2. The van der Waals surface area contributed by atoms with E-state index in [-0.39, 0.29) is 24.4 Å². The van der Waals surface area contributed by atoms with E-state index in [1.807, 2.05) is 31.2 Å². The molecule has 1 N–H and O–H groups in total. The normalized spacial score (nSPS) is 14.4. The number of carbonyl (C=O) groups excluding carboxylic acids is 2. The molecule has 1 heterocycles. The molecule has 2 aromatic rings. The number of nitrogens with one attached hydrogen (secondary N) is 1. The summed E-state index contributed by atoms with van der Waals surface area (Å²) in [4.78, 5) is 24.2. The number of anilines is 1. The summed E-state index contributed by atoms with van der Waals surface area (Å²) in [6.07, 6.45) is 0.570. The number of hydrogen-bond acceptors (Lipinski definition) is 7. The molecule has 1 fully saturated rings. The molecule has 0 saturated carbocycles. The number of rotatable bonds is 10. The quantitative estimate of drug-likeness (QED) is 0.403. The van der Waals surface area contributed by atoms with Gasteiger partial charge in [0, 0.05) is 25.2 Å². The van der Waals surface area contributed by atoms with E-state index >= 15 is 0 Å². The number of nitrogens with zero attached hydrogens (tertiary/aromatic N) is 1. The second-order valence-corrected chi connectivity index (χ2v) is 9.88. The fourth-order valence-electron chi connectivity index (χ4n) is 3.34. The smallest absolute Gasteiger partial charge is 0.306 e. The summed E-state index contributed by atoms with van der Waals surface area (Å²) in [5.74, 6) is -0.337. The van der Waals surface area contributed by atoms with Crippen molar-refractivity contribution in [3.05, 3.63) is 53.6 Å². The van der Waals surface area contributed by atoms with E-state index in [1.165, 1.54) is 10.4 Å². The zero-order valence-electron chi connectivity index (χ0n) is 19.4. The number of ether oxygens (including phenoxy) is 3. The van der Waals surface area contributed by atoms with Crippen molar-refractivity contribution < 1.29 is 32.2 Å². The van der Waals surface area contributed by atoms with Crippen molar-refractivity contribution in [3.8, 4) is 5.75 Å². The number of hydrogen-bond donors (Lipinski definition) is 1. The molecule has 0 atom stereocenters. The lowest BCUT2D eigenvalue weighted by Crippen LogP contribution is -2.40. The van der Waals surface area contributed by atoms with Crippen LogP contribution in [0.15, 0.2) is 47.4 Å². The van der Waals surface area contributed by atoms with E-state index in [2.05, 4.69) is 5.32 Å². The molecule has 34 heavy (non-hydrogen) atoms. The summed E-state index contributed by atoms with van der Waals surface area (Å²) in [5, 5.41) is 2.58. The zero-order valence-corrected chi connectivity index (χ0v) is 20.2. The minimum Gasteiger partial charge on any atom is -0.494 e. The predicted octanol–water partition coefficient (Wildman–Crippen LogP) is 2.67. The van der Waals surface area contributed by atoms with Gasteiger partial charge in [-0.25, -0.2) is 8.42 Å². The average Bonchev–Trinajstić information content (AvgIpc) is 2.83. The Morgan fingerprint density at radius 3 is 2.47 bits per heavy atom. The van der Waals surface area contributed by atoms with Crippen molar-refractivity contribution >= 4 is 27.6 Å². The molecule has 1 amide bonds. The first-order valence-corrected chi connectivity index (χ1v) is 12.5. The van der Waals surface area contributed by atoms with Crippen molar-refractivity contribution in [1.29, 1.82) is 0 Å². The van der Waals surface area contributed by atoms with E-state index in [0.29, 0.717) is 37.5 Å². The molecule has 0 radical (unpaired) electrons. The first kappa shape index (κ1) is 25.7. The van der Waals surface area contributed by atoms with Gasteiger partial charge in [0.2, 0.25) is 10.0 Å². The monoisotopic (exact) mass is 490 g/mol. The molecule has 0 aromatic heterocycles. The molecule has 2 aromatic carbocycles. The number of amides is 1. The third-order valence-electron chi connectivity index (χ3n) is 5.24. The van der Waals surface area contributed by atoms with Crippen molar-refractivity contribution in [1.82, 2.24) is 4.31 Å². The summed E-state index contributed by atoms with van der Waals surface area (Å²) in [5.41, 5.74) is 2.02. The van der Waals surface area contributed by atoms with Crippen LogP contribution in [0.1, 0.15) is 24.0 Å². The lowest BCUT2D eigenvalue weighted by molar-refractivity contribution is -0.147. The minimum absolute atomic E-state index is 0.117. The molecular formula is C24H30N2O7S. The number of esters is 1. The molecule has 0 spiro atoms. The van der Waals surface area contributed by atoms with Crippen molar-refractivity contribution in [2.45, 2.75) is 31.6 Å². The second-order valence-electron chi connectivity index (χ2n) is 7.97. The average molecular weight is 491 g/mol. The van der Waals surface area contributed by atoms with Crippen molar-refractivity contribution in [2.75, 3.05) is 44.8 Å². The highest BCUT2D eigenvalue weighted by Gasteiger charge is 2.28. The van der Waals surface area contributed by atoms with Crippen LogP contribution in [-0.4, -0.2) is 64.1 Å². The Kier molecular flexibility index (Phi) is 9.03. The summed E-state index contributed by atoms with van der Waals surface area (Å²) >= 11 is 0. The maximum absolute atomic E-state index is 13.0. The van der Waals surface area contributed by atoms with Gasteiger partial charge in [-0.2, -0.15) is 4.31 Å². The highest BCUT2D eigenvalue weighted by Crippen LogP contribution is 2.24. The van der Waals surface area contributed by atoms with Gasteiger partial charge in [0.25, 0.3) is 5.91 Å². The zero-order chi connectivity index (χ0) is 24.6. The fraction of sp³-hybridized carbons (Fsp3) is 0.417. The highest BCUT2D eigenvalue weighted by atomic mass is 32.2. The Morgan fingerprint density at radius 1 is 1.06 bits per heavy atom. The lowest BCUT2D eigenvalue weighted by atomic mass is 10.2. The van der Waals surface area contributed by atoms with Gasteiger partial charge in [0.15, 0.2) is 6.61 Å². The van der Waals surface area contributed by atoms with Crippen molar-refractivity contribution in [3.63, 3.8) is 0 Å². The Balaban J connectivity index is 1.44. The molecule has 0 bridgehead atoms. The number of benzene rings is 2. The fourth-order valence-corrected chi connectivity index (χ4v) is 5.00. The summed E-state index contributed by atoms with van der Waals surface area (Å²) < 4.78 is 43.1. The largest absolute Gasteiger partial charge is 0.494 e.